The summed E-state index contributed by atoms with van der Waals surface area (Å²) in [4.78, 5) is 15.5. The van der Waals surface area contributed by atoms with Crippen LogP contribution >= 0.6 is 0 Å². The number of benzene rings is 1. The molecule has 3 heterocycles. The number of aromatic nitrogens is 1. The van der Waals surface area contributed by atoms with E-state index < -0.39 is 0 Å². The molecular formula is C15H16N2O2. The van der Waals surface area contributed by atoms with Crippen LogP contribution in [-0.2, 0) is 4.74 Å². The predicted octanol–water partition coefficient (Wildman–Crippen LogP) is 2.22. The predicted molar refractivity (Wildman–Crippen MR) is 72.1 cm³/mol. The number of rotatable bonds is 2. The van der Waals surface area contributed by atoms with Crippen LogP contribution < -0.4 is 5.32 Å². The number of fused-ring (bicyclic) bond motifs is 3. The van der Waals surface area contributed by atoms with Crippen LogP contribution in [0.1, 0.15) is 29.6 Å². The maximum absolute atomic E-state index is 12.4. The Morgan fingerprint density at radius 2 is 2.26 bits per heavy atom. The second-order valence-electron chi connectivity index (χ2n) is 5.43. The van der Waals surface area contributed by atoms with E-state index in [0.29, 0.717) is 6.10 Å². The van der Waals surface area contributed by atoms with E-state index in [0.717, 1.165) is 35.7 Å². The molecule has 0 saturated carbocycles. The highest BCUT2D eigenvalue weighted by Crippen LogP contribution is 2.34. The lowest BCUT2D eigenvalue weighted by Crippen LogP contribution is -2.41. The molecule has 0 radical (unpaired) electrons. The molecule has 2 aliphatic heterocycles. The number of carbonyl (C=O) groups is 1. The van der Waals surface area contributed by atoms with E-state index in [1.54, 1.807) is 0 Å². The smallest absolute Gasteiger partial charge is 0.252 e. The summed E-state index contributed by atoms with van der Waals surface area (Å²) in [7, 11) is 0. The van der Waals surface area contributed by atoms with E-state index >= 15 is 0 Å². The standard InChI is InChI=1S/C15H16N2O2/c18-15(17-13-8-9-4-5-14(13)19-9)11-2-1-3-12-10(11)6-7-16-12/h1-3,6-7,9,13-14,16H,4-5,8H2,(H,17,18). The highest BCUT2D eigenvalue weighted by atomic mass is 16.5. The molecule has 1 aromatic carbocycles. The Morgan fingerprint density at radius 1 is 1.32 bits per heavy atom. The summed E-state index contributed by atoms with van der Waals surface area (Å²) in [6, 6.07) is 7.89. The van der Waals surface area contributed by atoms with Gasteiger partial charge >= 0.3 is 0 Å². The van der Waals surface area contributed by atoms with Crippen molar-refractivity contribution < 1.29 is 9.53 Å². The molecule has 0 aliphatic carbocycles. The third-order valence-corrected chi connectivity index (χ3v) is 4.26. The first-order valence-electron chi connectivity index (χ1n) is 6.84. The van der Waals surface area contributed by atoms with Crippen molar-refractivity contribution in [2.24, 2.45) is 0 Å². The van der Waals surface area contributed by atoms with Gasteiger partial charge in [-0.1, -0.05) is 6.07 Å². The molecule has 4 rings (SSSR count). The largest absolute Gasteiger partial charge is 0.373 e. The fraction of sp³-hybridized carbons (Fsp3) is 0.400. The van der Waals surface area contributed by atoms with Gasteiger partial charge < -0.3 is 15.0 Å². The zero-order valence-electron chi connectivity index (χ0n) is 10.6. The highest BCUT2D eigenvalue weighted by Gasteiger charge is 2.41. The lowest BCUT2D eigenvalue weighted by molar-refractivity contribution is 0.0842. The van der Waals surface area contributed by atoms with Gasteiger partial charge in [-0.2, -0.15) is 0 Å². The van der Waals surface area contributed by atoms with Crippen LogP contribution in [0.5, 0.6) is 0 Å². The van der Waals surface area contributed by atoms with E-state index in [1.807, 2.05) is 30.5 Å². The van der Waals surface area contributed by atoms with Crippen LogP contribution in [0.3, 0.4) is 0 Å². The lowest BCUT2D eigenvalue weighted by Gasteiger charge is -2.20. The molecular weight excluding hydrogens is 240 g/mol. The molecule has 4 nitrogen and oxygen atoms in total. The number of H-pyrrole nitrogens is 1. The second-order valence-corrected chi connectivity index (χ2v) is 5.43. The van der Waals surface area contributed by atoms with Gasteiger partial charge in [-0.05, 0) is 37.5 Å². The Hall–Kier alpha value is -1.81. The van der Waals surface area contributed by atoms with E-state index in [4.69, 9.17) is 4.74 Å². The lowest BCUT2D eigenvalue weighted by atomic mass is 9.95. The molecule has 3 atom stereocenters. The van der Waals surface area contributed by atoms with Crippen molar-refractivity contribution in [2.75, 3.05) is 0 Å². The molecule has 2 aliphatic rings. The van der Waals surface area contributed by atoms with Crippen LogP contribution in [0.2, 0.25) is 0 Å². The minimum absolute atomic E-state index is 0.00588. The zero-order valence-corrected chi connectivity index (χ0v) is 10.6. The number of amides is 1. The first-order valence-corrected chi connectivity index (χ1v) is 6.84. The molecule has 1 aromatic heterocycles. The van der Waals surface area contributed by atoms with Gasteiger partial charge in [0.25, 0.3) is 5.91 Å². The van der Waals surface area contributed by atoms with Crippen molar-refractivity contribution >= 4 is 16.8 Å². The molecule has 2 N–H and O–H groups in total. The molecule has 3 unspecified atom stereocenters. The first-order chi connectivity index (χ1) is 9.31. The Labute approximate surface area is 111 Å². The van der Waals surface area contributed by atoms with Gasteiger partial charge in [0.1, 0.15) is 0 Å². The zero-order chi connectivity index (χ0) is 12.8. The summed E-state index contributed by atoms with van der Waals surface area (Å²) >= 11 is 0. The molecule has 19 heavy (non-hydrogen) atoms. The number of aromatic amines is 1. The number of ether oxygens (including phenoxy) is 1. The highest BCUT2D eigenvalue weighted by molar-refractivity contribution is 6.06. The topological polar surface area (TPSA) is 54.1 Å². The monoisotopic (exact) mass is 256 g/mol. The van der Waals surface area contributed by atoms with Crippen LogP contribution in [0, 0.1) is 0 Å². The van der Waals surface area contributed by atoms with Crippen molar-refractivity contribution in [3.05, 3.63) is 36.0 Å². The Morgan fingerprint density at radius 3 is 3.05 bits per heavy atom. The number of carbonyl (C=O) groups excluding carboxylic acids is 1. The van der Waals surface area contributed by atoms with E-state index in [2.05, 4.69) is 10.3 Å². The number of nitrogens with one attached hydrogen (secondary N) is 2. The third-order valence-electron chi connectivity index (χ3n) is 4.26. The van der Waals surface area contributed by atoms with Gasteiger partial charge in [-0.15, -0.1) is 0 Å². The summed E-state index contributed by atoms with van der Waals surface area (Å²) in [5, 5.41) is 4.11. The van der Waals surface area contributed by atoms with Crippen LogP contribution in [0.15, 0.2) is 30.5 Å². The summed E-state index contributed by atoms with van der Waals surface area (Å²) < 4.78 is 5.77. The van der Waals surface area contributed by atoms with Gasteiger partial charge in [0.15, 0.2) is 0 Å². The van der Waals surface area contributed by atoms with Gasteiger partial charge in [-0.3, -0.25) is 4.79 Å². The SMILES string of the molecule is O=C(NC1CC2CCC1O2)c1cccc2[nH]ccc12. The normalized spacial score (nSPS) is 28.9. The molecule has 2 fully saturated rings. The third kappa shape index (κ3) is 1.75. The van der Waals surface area contributed by atoms with E-state index in [-0.39, 0.29) is 18.1 Å². The molecule has 98 valence electrons. The molecule has 1 amide bonds. The van der Waals surface area contributed by atoms with Crippen molar-refractivity contribution in [1.29, 1.82) is 0 Å². The number of hydrogen-bond donors (Lipinski definition) is 2. The average Bonchev–Trinajstić information content (AvgIpc) is 3.13. The van der Waals surface area contributed by atoms with Crippen molar-refractivity contribution in [1.82, 2.24) is 10.3 Å². The van der Waals surface area contributed by atoms with Crippen molar-refractivity contribution in [3.63, 3.8) is 0 Å². The maximum Gasteiger partial charge on any atom is 0.252 e. The van der Waals surface area contributed by atoms with Gasteiger partial charge in [0, 0.05) is 22.7 Å². The molecule has 2 bridgehead atoms. The summed E-state index contributed by atoms with van der Waals surface area (Å²) in [5.74, 6) is 0.00588. The van der Waals surface area contributed by atoms with Crippen molar-refractivity contribution in [3.8, 4) is 0 Å². The quantitative estimate of drug-likeness (QED) is 0.865. The minimum Gasteiger partial charge on any atom is -0.373 e. The summed E-state index contributed by atoms with van der Waals surface area (Å²) in [5.41, 5.74) is 1.73. The fourth-order valence-corrected chi connectivity index (χ4v) is 3.32. The maximum atomic E-state index is 12.4. The average molecular weight is 256 g/mol. The van der Waals surface area contributed by atoms with Crippen LogP contribution in [-0.4, -0.2) is 29.1 Å². The minimum atomic E-state index is 0.00588. The molecule has 4 heteroatoms. The van der Waals surface area contributed by atoms with E-state index in [1.165, 1.54) is 0 Å². The molecule has 0 spiro atoms. The molecule has 2 aromatic rings. The van der Waals surface area contributed by atoms with Gasteiger partial charge in [0.05, 0.1) is 18.2 Å². The summed E-state index contributed by atoms with van der Waals surface area (Å²) in [6.07, 6.45) is 5.62. The number of hydrogen-bond acceptors (Lipinski definition) is 2. The fourth-order valence-electron chi connectivity index (χ4n) is 3.32. The Balaban J connectivity index is 1.59. The first kappa shape index (κ1) is 11.1. The van der Waals surface area contributed by atoms with Gasteiger partial charge in [0.2, 0.25) is 0 Å². The van der Waals surface area contributed by atoms with Crippen molar-refractivity contribution in [2.45, 2.75) is 37.5 Å². The summed E-state index contributed by atoms with van der Waals surface area (Å²) in [6.45, 7) is 0. The molecule has 2 saturated heterocycles. The Bertz CT molecular complexity index is 634. The van der Waals surface area contributed by atoms with Crippen LogP contribution in [0.4, 0.5) is 0 Å². The van der Waals surface area contributed by atoms with Gasteiger partial charge in [-0.25, -0.2) is 0 Å². The van der Waals surface area contributed by atoms with E-state index in [9.17, 15) is 4.79 Å². The Kier molecular flexibility index (Phi) is 2.38. The second kappa shape index (κ2) is 4.10. The van der Waals surface area contributed by atoms with Crippen LogP contribution in [0.25, 0.3) is 10.9 Å².